The summed E-state index contributed by atoms with van der Waals surface area (Å²) >= 11 is 6.96. The van der Waals surface area contributed by atoms with Crippen LogP contribution in [0.1, 0.15) is 44.9 Å². The van der Waals surface area contributed by atoms with E-state index < -0.39 is 10.0 Å². The number of nitrogens with zero attached hydrogens (tertiary/aromatic N) is 2. The molecule has 6 nitrogen and oxygen atoms in total. The number of sulfonamides is 1. The molecule has 9 heteroatoms. The SMILES string of the molecule is O=C1C(OC2CCN(S(=O)(=O)c3ccc(Cl)s3)CC2)CCN1C1CCCC1. The molecule has 0 aromatic carbocycles. The van der Waals surface area contributed by atoms with E-state index in [1.165, 1.54) is 17.1 Å². The van der Waals surface area contributed by atoms with E-state index in [2.05, 4.69) is 0 Å². The molecule has 2 saturated heterocycles. The monoisotopic (exact) mass is 432 g/mol. The molecule has 1 aliphatic carbocycles. The summed E-state index contributed by atoms with van der Waals surface area (Å²) in [6, 6.07) is 3.56. The van der Waals surface area contributed by atoms with Gasteiger partial charge in [-0.1, -0.05) is 24.4 Å². The maximum Gasteiger partial charge on any atom is 0.252 e. The van der Waals surface area contributed by atoms with Gasteiger partial charge in [-0.05, 0) is 37.8 Å². The van der Waals surface area contributed by atoms with Crippen molar-refractivity contribution in [1.29, 1.82) is 0 Å². The summed E-state index contributed by atoms with van der Waals surface area (Å²) in [5, 5.41) is 0. The third-order valence-electron chi connectivity index (χ3n) is 5.86. The highest BCUT2D eigenvalue weighted by atomic mass is 35.5. The van der Waals surface area contributed by atoms with Crippen molar-refractivity contribution < 1.29 is 17.9 Å². The molecule has 0 bridgehead atoms. The quantitative estimate of drug-likeness (QED) is 0.716. The number of amides is 1. The summed E-state index contributed by atoms with van der Waals surface area (Å²) in [6.07, 6.45) is 6.22. The van der Waals surface area contributed by atoms with Crippen LogP contribution in [0.3, 0.4) is 0 Å². The zero-order chi connectivity index (χ0) is 19.0. The zero-order valence-corrected chi connectivity index (χ0v) is 17.6. The normalized spacial score (nSPS) is 26.3. The molecular formula is C18H25ClN2O4S2. The van der Waals surface area contributed by atoms with Crippen molar-refractivity contribution in [3.63, 3.8) is 0 Å². The number of carbonyl (C=O) groups excluding carboxylic acids is 1. The predicted octanol–water partition coefficient (Wildman–Crippen LogP) is 3.11. The highest BCUT2D eigenvalue weighted by molar-refractivity contribution is 7.91. The molecule has 1 unspecified atom stereocenters. The van der Waals surface area contributed by atoms with Crippen molar-refractivity contribution in [2.24, 2.45) is 0 Å². The number of hydrogen-bond acceptors (Lipinski definition) is 5. The maximum absolute atomic E-state index is 12.7. The van der Waals surface area contributed by atoms with Crippen LogP contribution in [0.2, 0.25) is 4.34 Å². The van der Waals surface area contributed by atoms with Crippen molar-refractivity contribution >= 4 is 38.9 Å². The van der Waals surface area contributed by atoms with Crippen LogP contribution in [0.15, 0.2) is 16.3 Å². The van der Waals surface area contributed by atoms with Gasteiger partial charge < -0.3 is 9.64 Å². The molecule has 1 saturated carbocycles. The van der Waals surface area contributed by atoms with Crippen LogP contribution in [0.25, 0.3) is 0 Å². The number of halogens is 1. The van der Waals surface area contributed by atoms with E-state index in [0.29, 0.717) is 36.3 Å². The maximum atomic E-state index is 12.7. The highest BCUT2D eigenvalue weighted by Gasteiger charge is 2.39. The smallest absolute Gasteiger partial charge is 0.252 e. The lowest BCUT2D eigenvalue weighted by Crippen LogP contribution is -2.43. The Labute approximate surface area is 169 Å². The number of carbonyl (C=O) groups is 1. The first kappa shape index (κ1) is 19.6. The molecule has 3 aliphatic rings. The molecule has 27 heavy (non-hydrogen) atoms. The second-order valence-electron chi connectivity index (χ2n) is 7.55. The number of piperidine rings is 1. The summed E-state index contributed by atoms with van der Waals surface area (Å²) < 4.78 is 33.7. The molecule has 150 valence electrons. The molecule has 0 N–H and O–H groups in total. The largest absolute Gasteiger partial charge is 0.365 e. The second-order valence-corrected chi connectivity index (χ2v) is 11.4. The van der Waals surface area contributed by atoms with Crippen molar-refractivity contribution in [3.8, 4) is 0 Å². The molecule has 1 amide bonds. The number of rotatable bonds is 5. The van der Waals surface area contributed by atoms with Gasteiger partial charge in [-0.15, -0.1) is 11.3 Å². The molecule has 4 rings (SSSR count). The summed E-state index contributed by atoms with van der Waals surface area (Å²) in [5.41, 5.74) is 0. The molecule has 1 aromatic rings. The van der Waals surface area contributed by atoms with Gasteiger partial charge in [-0.2, -0.15) is 4.31 Å². The van der Waals surface area contributed by atoms with Crippen LogP contribution >= 0.6 is 22.9 Å². The molecule has 1 atom stereocenters. The van der Waals surface area contributed by atoms with Gasteiger partial charge in [0.1, 0.15) is 10.3 Å². The van der Waals surface area contributed by atoms with E-state index in [1.807, 2.05) is 4.90 Å². The fourth-order valence-corrected chi connectivity index (χ4v) is 7.49. The van der Waals surface area contributed by atoms with Crippen LogP contribution in [-0.2, 0) is 19.6 Å². The van der Waals surface area contributed by atoms with Crippen LogP contribution in [-0.4, -0.2) is 61.4 Å². The summed E-state index contributed by atoms with van der Waals surface area (Å²) in [7, 11) is -3.49. The van der Waals surface area contributed by atoms with E-state index in [9.17, 15) is 13.2 Å². The summed E-state index contributed by atoms with van der Waals surface area (Å²) in [6.45, 7) is 1.62. The minimum absolute atomic E-state index is 0.0548. The Kier molecular flexibility index (Phi) is 5.81. The third-order valence-corrected chi connectivity index (χ3v) is 9.45. The first-order valence-corrected chi connectivity index (χ1v) is 12.3. The Morgan fingerprint density at radius 3 is 2.37 bits per heavy atom. The Morgan fingerprint density at radius 2 is 1.74 bits per heavy atom. The van der Waals surface area contributed by atoms with E-state index in [-0.39, 0.29) is 22.3 Å². The minimum atomic E-state index is -3.49. The van der Waals surface area contributed by atoms with Crippen LogP contribution in [0.4, 0.5) is 0 Å². The Morgan fingerprint density at radius 1 is 1.04 bits per heavy atom. The lowest BCUT2D eigenvalue weighted by atomic mass is 10.1. The molecule has 1 aromatic heterocycles. The zero-order valence-electron chi connectivity index (χ0n) is 15.2. The van der Waals surface area contributed by atoms with E-state index in [4.69, 9.17) is 16.3 Å². The van der Waals surface area contributed by atoms with Crippen LogP contribution < -0.4 is 0 Å². The van der Waals surface area contributed by atoms with Gasteiger partial charge in [-0.3, -0.25) is 4.79 Å². The fourth-order valence-electron chi connectivity index (χ4n) is 4.38. The third kappa shape index (κ3) is 4.05. The number of likely N-dealkylation sites (tertiary alicyclic amines) is 1. The first-order valence-electron chi connectivity index (χ1n) is 9.66. The average Bonchev–Trinajstić information content (AvgIpc) is 3.38. The fraction of sp³-hybridized carbons (Fsp3) is 0.722. The van der Waals surface area contributed by atoms with Crippen molar-refractivity contribution in [2.75, 3.05) is 19.6 Å². The first-order chi connectivity index (χ1) is 12.9. The topological polar surface area (TPSA) is 66.9 Å². The van der Waals surface area contributed by atoms with Gasteiger partial charge in [0, 0.05) is 32.1 Å². The number of hydrogen-bond donors (Lipinski definition) is 0. The van der Waals surface area contributed by atoms with Gasteiger partial charge in [0.05, 0.1) is 10.4 Å². The van der Waals surface area contributed by atoms with Gasteiger partial charge in [0.15, 0.2) is 0 Å². The van der Waals surface area contributed by atoms with Crippen LogP contribution in [0, 0.1) is 0 Å². The molecule has 0 spiro atoms. The molecular weight excluding hydrogens is 408 g/mol. The summed E-state index contributed by atoms with van der Waals surface area (Å²) in [4.78, 5) is 14.7. The van der Waals surface area contributed by atoms with Gasteiger partial charge in [0.2, 0.25) is 0 Å². The molecule has 3 fully saturated rings. The Hall–Kier alpha value is -0.670. The Bertz CT molecular complexity index is 783. The molecule has 3 heterocycles. The van der Waals surface area contributed by atoms with Crippen molar-refractivity contribution in [3.05, 3.63) is 16.5 Å². The van der Waals surface area contributed by atoms with Crippen LogP contribution in [0.5, 0.6) is 0 Å². The van der Waals surface area contributed by atoms with Gasteiger partial charge >= 0.3 is 0 Å². The average molecular weight is 433 g/mol. The molecule has 0 radical (unpaired) electrons. The van der Waals surface area contributed by atoms with E-state index in [1.54, 1.807) is 12.1 Å². The standard InChI is InChI=1S/C18H25ClN2O4S2/c19-16-5-6-17(26-16)27(23,24)20-10-7-14(8-11-20)25-15-9-12-21(18(15)22)13-3-1-2-4-13/h5-6,13-15H,1-4,7-12H2. The van der Waals surface area contributed by atoms with Gasteiger partial charge in [-0.25, -0.2) is 8.42 Å². The van der Waals surface area contributed by atoms with Crippen molar-refractivity contribution in [1.82, 2.24) is 9.21 Å². The van der Waals surface area contributed by atoms with E-state index in [0.717, 1.165) is 37.1 Å². The van der Waals surface area contributed by atoms with E-state index >= 15 is 0 Å². The predicted molar refractivity (Wildman–Crippen MR) is 105 cm³/mol. The lowest BCUT2D eigenvalue weighted by molar-refractivity contribution is -0.143. The Balaban J connectivity index is 1.30. The summed E-state index contributed by atoms with van der Waals surface area (Å²) in [5.74, 6) is 0.130. The number of ether oxygens (including phenoxy) is 1. The van der Waals surface area contributed by atoms with Crippen molar-refractivity contribution in [2.45, 2.75) is 67.4 Å². The second kappa shape index (κ2) is 7.99. The minimum Gasteiger partial charge on any atom is -0.365 e. The van der Waals surface area contributed by atoms with Gasteiger partial charge in [0.25, 0.3) is 15.9 Å². The molecule has 2 aliphatic heterocycles. The number of thiophene rings is 1. The highest BCUT2D eigenvalue weighted by Crippen LogP contribution is 2.32. The lowest BCUT2D eigenvalue weighted by Gasteiger charge is -2.32.